The van der Waals surface area contributed by atoms with Crippen molar-refractivity contribution in [3.05, 3.63) is 95.6 Å². The van der Waals surface area contributed by atoms with E-state index in [1.807, 2.05) is 54.6 Å². The van der Waals surface area contributed by atoms with Crippen molar-refractivity contribution in [1.82, 2.24) is 15.5 Å². The van der Waals surface area contributed by atoms with Crippen LogP contribution in [0.1, 0.15) is 43.4 Å². The van der Waals surface area contributed by atoms with Crippen LogP contribution in [0.15, 0.2) is 78.9 Å². The van der Waals surface area contributed by atoms with Crippen LogP contribution in [0.25, 0.3) is 11.1 Å². The van der Waals surface area contributed by atoms with Crippen LogP contribution in [0.2, 0.25) is 0 Å². The molecule has 1 fully saturated rings. The van der Waals surface area contributed by atoms with Crippen molar-refractivity contribution in [2.75, 3.05) is 19.7 Å². The number of carbonyl (C=O) groups excluding carboxylic acids is 3. The number of amides is 3. The molecule has 0 saturated carbocycles. The summed E-state index contributed by atoms with van der Waals surface area (Å²) in [6, 6.07) is 24.3. The number of rotatable bonds is 6. The van der Waals surface area contributed by atoms with Crippen molar-refractivity contribution in [2.45, 2.75) is 51.0 Å². The van der Waals surface area contributed by atoms with Gasteiger partial charge >= 0.3 is 18.3 Å². The van der Waals surface area contributed by atoms with E-state index in [9.17, 15) is 14.4 Å². The van der Waals surface area contributed by atoms with E-state index in [4.69, 9.17) is 14.2 Å². The molecule has 0 aromatic heterocycles. The van der Waals surface area contributed by atoms with Crippen LogP contribution >= 0.6 is 0 Å². The largest absolute Gasteiger partial charge is 0.449 e. The Hall–Kier alpha value is -4.53. The maximum atomic E-state index is 13.0. The van der Waals surface area contributed by atoms with Crippen LogP contribution in [-0.2, 0) is 20.8 Å². The molecule has 0 radical (unpaired) electrons. The second-order valence-electron chi connectivity index (χ2n) is 11.3. The fraction of sp³-hybridized carbons (Fsp3) is 0.344. The molecule has 1 aliphatic carbocycles. The highest BCUT2D eigenvalue weighted by Crippen LogP contribution is 2.44. The van der Waals surface area contributed by atoms with Crippen LogP contribution < -0.4 is 10.6 Å². The van der Waals surface area contributed by atoms with E-state index in [2.05, 4.69) is 34.9 Å². The standard InChI is InChI=1S/C32H35N3O6/c1-32(2,3)41-31(38)35-17-27(33-29(36)39-19-21-11-5-4-6-12-21)28(18-35)34-30(37)40-20-26-24-15-9-7-13-22(24)23-14-8-10-16-25(23)26/h4-16,26-28H,17-20H2,1-3H3,(H,33,36)(H,34,37)/t27-,28-/m1/s1. The molecule has 41 heavy (non-hydrogen) atoms. The van der Waals surface area contributed by atoms with Crippen molar-refractivity contribution < 1.29 is 28.6 Å². The molecule has 0 bridgehead atoms. The predicted octanol–water partition coefficient (Wildman–Crippen LogP) is 5.44. The summed E-state index contributed by atoms with van der Waals surface area (Å²) in [6.07, 6.45) is -1.81. The number of likely N-dealkylation sites (tertiary alicyclic amines) is 1. The highest BCUT2D eigenvalue weighted by molar-refractivity contribution is 5.79. The Morgan fingerprint density at radius 2 is 1.27 bits per heavy atom. The summed E-state index contributed by atoms with van der Waals surface area (Å²) in [7, 11) is 0. The molecular formula is C32H35N3O6. The van der Waals surface area contributed by atoms with E-state index in [0.717, 1.165) is 27.8 Å². The summed E-state index contributed by atoms with van der Waals surface area (Å²) < 4.78 is 16.6. The third-order valence-corrected chi connectivity index (χ3v) is 7.13. The molecule has 1 heterocycles. The average Bonchev–Trinajstić information content (AvgIpc) is 3.49. The van der Waals surface area contributed by atoms with Crippen LogP contribution in [0.3, 0.4) is 0 Å². The van der Waals surface area contributed by atoms with Crippen LogP contribution in [0.5, 0.6) is 0 Å². The second kappa shape index (κ2) is 11.9. The van der Waals surface area contributed by atoms with E-state index in [-0.39, 0.29) is 32.2 Å². The van der Waals surface area contributed by atoms with Gasteiger partial charge in [0.05, 0.1) is 12.1 Å². The molecule has 2 aliphatic rings. The summed E-state index contributed by atoms with van der Waals surface area (Å²) in [6.45, 7) is 5.88. The first kappa shape index (κ1) is 28.0. The van der Waals surface area contributed by atoms with Gasteiger partial charge in [0.1, 0.15) is 18.8 Å². The molecule has 1 aliphatic heterocycles. The lowest BCUT2D eigenvalue weighted by Gasteiger charge is -2.24. The van der Waals surface area contributed by atoms with Crippen molar-refractivity contribution in [1.29, 1.82) is 0 Å². The first-order valence-electron chi connectivity index (χ1n) is 13.7. The van der Waals surface area contributed by atoms with Crippen LogP contribution in [0.4, 0.5) is 14.4 Å². The molecule has 5 rings (SSSR count). The third kappa shape index (κ3) is 6.80. The van der Waals surface area contributed by atoms with Crippen molar-refractivity contribution in [3.8, 4) is 11.1 Å². The van der Waals surface area contributed by atoms with Gasteiger partial charge in [-0.1, -0.05) is 78.9 Å². The zero-order valence-corrected chi connectivity index (χ0v) is 23.5. The van der Waals surface area contributed by atoms with Gasteiger partial charge in [-0.15, -0.1) is 0 Å². The smallest absolute Gasteiger partial charge is 0.410 e. The third-order valence-electron chi connectivity index (χ3n) is 7.13. The highest BCUT2D eigenvalue weighted by atomic mass is 16.6. The fourth-order valence-corrected chi connectivity index (χ4v) is 5.28. The Morgan fingerprint density at radius 3 is 1.83 bits per heavy atom. The molecule has 214 valence electrons. The molecule has 3 aromatic rings. The Balaban J connectivity index is 1.23. The minimum atomic E-state index is -0.688. The lowest BCUT2D eigenvalue weighted by Crippen LogP contribution is -2.51. The van der Waals surface area contributed by atoms with E-state index in [0.29, 0.717) is 0 Å². The SMILES string of the molecule is CC(C)(C)OC(=O)N1C[C@@H](NC(=O)OCc2ccccc2)[C@H](NC(=O)OCC2c3ccccc3-c3ccccc32)C1. The Labute approximate surface area is 239 Å². The number of nitrogens with zero attached hydrogens (tertiary/aromatic N) is 1. The first-order valence-corrected chi connectivity index (χ1v) is 13.7. The molecule has 0 unspecified atom stereocenters. The number of fused-ring (bicyclic) bond motifs is 3. The number of alkyl carbamates (subject to hydrolysis) is 2. The zero-order chi connectivity index (χ0) is 29.0. The normalized spacial score (nSPS) is 17.8. The Kier molecular flexibility index (Phi) is 8.14. The summed E-state index contributed by atoms with van der Waals surface area (Å²) >= 11 is 0. The van der Waals surface area contributed by atoms with Gasteiger partial charge in [0, 0.05) is 19.0 Å². The summed E-state index contributed by atoms with van der Waals surface area (Å²) in [5.74, 6) is -0.0862. The summed E-state index contributed by atoms with van der Waals surface area (Å²) in [5, 5.41) is 5.64. The average molecular weight is 558 g/mol. The topological polar surface area (TPSA) is 106 Å². The summed E-state index contributed by atoms with van der Waals surface area (Å²) in [5.41, 5.74) is 4.65. The Bertz CT molecular complexity index is 1360. The maximum absolute atomic E-state index is 13.0. The maximum Gasteiger partial charge on any atom is 0.410 e. The molecule has 2 atom stereocenters. The molecule has 9 nitrogen and oxygen atoms in total. The number of nitrogens with one attached hydrogen (secondary N) is 2. The van der Waals surface area contributed by atoms with Gasteiger partial charge in [-0.05, 0) is 48.6 Å². The quantitative estimate of drug-likeness (QED) is 0.391. The minimum Gasteiger partial charge on any atom is -0.449 e. The van der Waals surface area contributed by atoms with E-state index >= 15 is 0 Å². The van der Waals surface area contributed by atoms with Crippen molar-refractivity contribution in [2.24, 2.45) is 0 Å². The monoisotopic (exact) mass is 557 g/mol. The summed E-state index contributed by atoms with van der Waals surface area (Å²) in [4.78, 5) is 39.9. The van der Waals surface area contributed by atoms with E-state index in [1.165, 1.54) is 4.90 Å². The number of carbonyl (C=O) groups is 3. The minimum absolute atomic E-state index is 0.0862. The molecule has 3 aromatic carbocycles. The Morgan fingerprint density at radius 1 is 0.756 bits per heavy atom. The molecule has 3 amide bonds. The number of ether oxygens (including phenoxy) is 3. The van der Waals surface area contributed by atoms with Gasteiger partial charge in [-0.2, -0.15) is 0 Å². The number of hydrogen-bond donors (Lipinski definition) is 2. The molecule has 2 N–H and O–H groups in total. The molecule has 1 saturated heterocycles. The number of benzene rings is 3. The van der Waals surface area contributed by atoms with Crippen molar-refractivity contribution in [3.63, 3.8) is 0 Å². The second-order valence-corrected chi connectivity index (χ2v) is 11.3. The molecule has 9 heteroatoms. The van der Waals surface area contributed by atoms with Gasteiger partial charge in [-0.25, -0.2) is 14.4 Å². The van der Waals surface area contributed by atoms with Gasteiger partial charge in [0.2, 0.25) is 0 Å². The van der Waals surface area contributed by atoms with E-state index in [1.54, 1.807) is 20.8 Å². The van der Waals surface area contributed by atoms with Gasteiger partial charge in [0.25, 0.3) is 0 Å². The molecule has 0 spiro atoms. The highest BCUT2D eigenvalue weighted by Gasteiger charge is 2.40. The van der Waals surface area contributed by atoms with Gasteiger partial charge in [-0.3, -0.25) is 0 Å². The van der Waals surface area contributed by atoms with E-state index < -0.39 is 36.0 Å². The lowest BCUT2D eigenvalue weighted by molar-refractivity contribution is 0.0286. The van der Waals surface area contributed by atoms with Crippen LogP contribution in [-0.4, -0.2) is 60.6 Å². The van der Waals surface area contributed by atoms with Crippen LogP contribution in [0, 0.1) is 0 Å². The predicted molar refractivity (Wildman–Crippen MR) is 153 cm³/mol. The number of hydrogen-bond acceptors (Lipinski definition) is 6. The van der Waals surface area contributed by atoms with Gasteiger partial charge < -0.3 is 29.7 Å². The van der Waals surface area contributed by atoms with Gasteiger partial charge in [0.15, 0.2) is 0 Å². The lowest BCUT2D eigenvalue weighted by atomic mass is 9.98. The zero-order valence-electron chi connectivity index (χ0n) is 23.5. The molecular weight excluding hydrogens is 522 g/mol. The first-order chi connectivity index (χ1) is 19.7. The van der Waals surface area contributed by atoms with Crippen molar-refractivity contribution >= 4 is 18.3 Å². The fourth-order valence-electron chi connectivity index (χ4n) is 5.28.